The third kappa shape index (κ3) is 5.10. The number of benzene rings is 2. The van der Waals surface area contributed by atoms with Gasteiger partial charge in [-0.25, -0.2) is 15.4 Å². The molecule has 0 radical (unpaired) electrons. The largest absolute Gasteiger partial charge is 0.488 e. The number of non-ortho nitro benzene ring substituents is 1. The van der Waals surface area contributed by atoms with Crippen LogP contribution in [-0.2, 0) is 6.61 Å². The predicted octanol–water partition coefficient (Wildman–Crippen LogP) is 4.03. The fourth-order valence-electron chi connectivity index (χ4n) is 2.53. The maximum absolute atomic E-state index is 10.7. The van der Waals surface area contributed by atoms with E-state index in [2.05, 4.69) is 20.5 Å². The van der Waals surface area contributed by atoms with E-state index in [9.17, 15) is 10.1 Å². The number of aryl methyl sites for hydroxylation is 2. The van der Waals surface area contributed by atoms with Gasteiger partial charge < -0.3 is 4.74 Å². The number of anilines is 1. The molecule has 3 aromatic rings. The van der Waals surface area contributed by atoms with E-state index < -0.39 is 4.92 Å². The van der Waals surface area contributed by atoms with E-state index in [-0.39, 0.29) is 12.3 Å². The third-order valence-electron chi connectivity index (χ3n) is 3.81. The molecule has 0 aliphatic rings. The number of rotatable bonds is 7. The molecule has 0 spiro atoms. The molecule has 1 heterocycles. The van der Waals surface area contributed by atoms with Crippen LogP contribution in [0.15, 0.2) is 59.7 Å². The molecule has 0 aliphatic carbocycles. The molecule has 3 rings (SSSR count). The summed E-state index contributed by atoms with van der Waals surface area (Å²) in [6.07, 6.45) is 1.63. The van der Waals surface area contributed by atoms with Gasteiger partial charge in [0.15, 0.2) is 0 Å². The van der Waals surface area contributed by atoms with Crippen LogP contribution >= 0.6 is 0 Å². The first kappa shape index (κ1) is 19.0. The van der Waals surface area contributed by atoms with Gasteiger partial charge in [-0.3, -0.25) is 10.1 Å². The summed E-state index contributed by atoms with van der Waals surface area (Å²) in [4.78, 5) is 18.8. The molecule has 0 amide bonds. The van der Waals surface area contributed by atoms with Gasteiger partial charge in [-0.2, -0.15) is 5.10 Å². The summed E-state index contributed by atoms with van der Waals surface area (Å²) in [6.45, 7) is 4.08. The van der Waals surface area contributed by atoms with Crippen LogP contribution in [0.5, 0.6) is 5.75 Å². The summed E-state index contributed by atoms with van der Waals surface area (Å²) >= 11 is 0. The Bertz CT molecular complexity index is 983. The molecule has 142 valence electrons. The van der Waals surface area contributed by atoms with Crippen LogP contribution in [0, 0.1) is 24.0 Å². The number of hydrazone groups is 1. The number of hydrogen-bond donors (Lipinski definition) is 1. The zero-order valence-electron chi connectivity index (χ0n) is 15.5. The number of nitro groups is 1. The van der Waals surface area contributed by atoms with Gasteiger partial charge in [-0.05, 0) is 49.7 Å². The summed E-state index contributed by atoms with van der Waals surface area (Å²) in [5.74, 6) is 1.07. The second kappa shape index (κ2) is 8.72. The lowest BCUT2D eigenvalue weighted by atomic mass is 10.2. The monoisotopic (exact) mass is 377 g/mol. The Hall–Kier alpha value is -3.81. The standard InChI is InChI=1S/C20H19N5O3/c1-14-11-15(2)23-20(22-14)24-21-12-17-5-3-4-6-19(17)28-13-16-7-9-18(10-8-16)25(26)27/h3-12H,13H2,1-2H3,(H,22,23,24)/b21-12-. The van der Waals surface area contributed by atoms with E-state index in [1.807, 2.05) is 44.2 Å². The number of aromatic nitrogens is 2. The fourth-order valence-corrected chi connectivity index (χ4v) is 2.53. The van der Waals surface area contributed by atoms with Crippen molar-refractivity contribution in [1.82, 2.24) is 9.97 Å². The second-order valence-electron chi connectivity index (χ2n) is 6.09. The van der Waals surface area contributed by atoms with Crippen molar-refractivity contribution in [2.45, 2.75) is 20.5 Å². The first-order chi connectivity index (χ1) is 13.5. The molecule has 0 atom stereocenters. The normalized spacial score (nSPS) is 10.8. The van der Waals surface area contributed by atoms with E-state index in [1.165, 1.54) is 12.1 Å². The number of ether oxygens (including phenoxy) is 1. The lowest BCUT2D eigenvalue weighted by molar-refractivity contribution is -0.384. The molecular weight excluding hydrogens is 358 g/mol. The highest BCUT2D eigenvalue weighted by Crippen LogP contribution is 2.19. The molecule has 1 N–H and O–H groups in total. The summed E-state index contributed by atoms with van der Waals surface area (Å²) in [5, 5.41) is 14.9. The van der Waals surface area contributed by atoms with Crippen LogP contribution in [0.1, 0.15) is 22.5 Å². The van der Waals surface area contributed by atoms with Crippen molar-refractivity contribution in [2.24, 2.45) is 5.10 Å². The Kier molecular flexibility index (Phi) is 5.91. The van der Waals surface area contributed by atoms with Gasteiger partial charge in [0.2, 0.25) is 5.95 Å². The van der Waals surface area contributed by atoms with E-state index in [0.717, 1.165) is 22.5 Å². The molecule has 0 saturated carbocycles. The Morgan fingerprint density at radius 3 is 2.46 bits per heavy atom. The molecule has 1 aromatic heterocycles. The molecule has 8 heteroatoms. The predicted molar refractivity (Wildman–Crippen MR) is 107 cm³/mol. The topological polar surface area (TPSA) is 103 Å². The van der Waals surface area contributed by atoms with Crippen LogP contribution < -0.4 is 10.2 Å². The van der Waals surface area contributed by atoms with Crippen molar-refractivity contribution in [1.29, 1.82) is 0 Å². The van der Waals surface area contributed by atoms with Crippen LogP contribution in [0.25, 0.3) is 0 Å². The number of hydrogen-bond acceptors (Lipinski definition) is 7. The van der Waals surface area contributed by atoms with Gasteiger partial charge >= 0.3 is 0 Å². The first-order valence-corrected chi connectivity index (χ1v) is 8.58. The molecule has 0 aliphatic heterocycles. The minimum absolute atomic E-state index is 0.0518. The first-order valence-electron chi connectivity index (χ1n) is 8.58. The zero-order chi connectivity index (χ0) is 19.9. The number of nitrogens with zero attached hydrogens (tertiary/aromatic N) is 4. The number of nitro benzene ring substituents is 1. The van der Waals surface area contributed by atoms with Gasteiger partial charge in [-0.1, -0.05) is 12.1 Å². The summed E-state index contributed by atoms with van der Waals surface area (Å²) < 4.78 is 5.84. The van der Waals surface area contributed by atoms with Crippen molar-refractivity contribution in [3.63, 3.8) is 0 Å². The Balaban J connectivity index is 1.66. The number of para-hydroxylation sites is 1. The average molecular weight is 377 g/mol. The molecule has 2 aromatic carbocycles. The summed E-state index contributed by atoms with van der Waals surface area (Å²) in [7, 11) is 0. The van der Waals surface area contributed by atoms with Crippen LogP contribution in [0.2, 0.25) is 0 Å². The summed E-state index contributed by atoms with van der Waals surface area (Å²) in [5.41, 5.74) is 6.20. The van der Waals surface area contributed by atoms with Gasteiger partial charge in [0.05, 0.1) is 11.1 Å². The smallest absolute Gasteiger partial charge is 0.269 e. The highest BCUT2D eigenvalue weighted by atomic mass is 16.6. The zero-order valence-corrected chi connectivity index (χ0v) is 15.5. The Labute approximate surface area is 162 Å². The lowest BCUT2D eigenvalue weighted by Crippen LogP contribution is -2.01. The number of nitrogens with one attached hydrogen (secondary N) is 1. The molecule has 0 unspecified atom stereocenters. The maximum atomic E-state index is 10.7. The minimum Gasteiger partial charge on any atom is -0.488 e. The third-order valence-corrected chi connectivity index (χ3v) is 3.81. The molecule has 0 saturated heterocycles. The minimum atomic E-state index is -0.428. The van der Waals surface area contributed by atoms with Crippen molar-refractivity contribution in [2.75, 3.05) is 5.43 Å². The van der Waals surface area contributed by atoms with E-state index in [0.29, 0.717) is 11.7 Å². The fraction of sp³-hybridized carbons (Fsp3) is 0.150. The Morgan fingerprint density at radius 1 is 1.11 bits per heavy atom. The molecular formula is C20H19N5O3. The van der Waals surface area contributed by atoms with Crippen molar-refractivity contribution in [3.8, 4) is 5.75 Å². The van der Waals surface area contributed by atoms with Gasteiger partial charge in [0, 0.05) is 29.1 Å². The van der Waals surface area contributed by atoms with Crippen molar-refractivity contribution >= 4 is 17.9 Å². The summed E-state index contributed by atoms with van der Waals surface area (Å²) in [6, 6.07) is 15.6. The van der Waals surface area contributed by atoms with E-state index in [1.54, 1.807) is 18.3 Å². The van der Waals surface area contributed by atoms with Gasteiger partial charge in [-0.15, -0.1) is 0 Å². The molecule has 28 heavy (non-hydrogen) atoms. The molecule has 0 bridgehead atoms. The van der Waals surface area contributed by atoms with Gasteiger partial charge in [0.25, 0.3) is 5.69 Å². The van der Waals surface area contributed by atoms with Crippen LogP contribution in [0.4, 0.5) is 11.6 Å². The van der Waals surface area contributed by atoms with Crippen LogP contribution in [-0.4, -0.2) is 21.1 Å². The average Bonchev–Trinajstić information content (AvgIpc) is 2.67. The van der Waals surface area contributed by atoms with E-state index in [4.69, 9.17) is 4.74 Å². The maximum Gasteiger partial charge on any atom is 0.269 e. The van der Waals surface area contributed by atoms with Crippen molar-refractivity contribution in [3.05, 3.63) is 87.2 Å². The van der Waals surface area contributed by atoms with E-state index >= 15 is 0 Å². The highest BCUT2D eigenvalue weighted by molar-refractivity contribution is 5.83. The Morgan fingerprint density at radius 2 is 1.79 bits per heavy atom. The quantitative estimate of drug-likeness (QED) is 0.379. The SMILES string of the molecule is Cc1cc(C)nc(N/N=C\c2ccccc2OCc2ccc([N+](=O)[O-])cc2)n1. The second-order valence-corrected chi connectivity index (χ2v) is 6.09. The molecule has 8 nitrogen and oxygen atoms in total. The van der Waals surface area contributed by atoms with Crippen molar-refractivity contribution < 1.29 is 9.66 Å². The van der Waals surface area contributed by atoms with Gasteiger partial charge in [0.1, 0.15) is 12.4 Å². The van der Waals surface area contributed by atoms with Crippen LogP contribution in [0.3, 0.4) is 0 Å². The molecule has 0 fully saturated rings. The highest BCUT2D eigenvalue weighted by Gasteiger charge is 2.06. The lowest BCUT2D eigenvalue weighted by Gasteiger charge is -2.09.